The number of likely N-dealkylation sites (tertiary alicyclic amines) is 2. The molecule has 0 amide bonds. The van der Waals surface area contributed by atoms with E-state index >= 15 is 0 Å². The van der Waals surface area contributed by atoms with Gasteiger partial charge in [0.1, 0.15) is 30.5 Å². The summed E-state index contributed by atoms with van der Waals surface area (Å²) in [7, 11) is 12.8. The molecule has 0 aliphatic carbocycles. The van der Waals surface area contributed by atoms with Crippen LogP contribution in [-0.2, 0) is 18.9 Å². The summed E-state index contributed by atoms with van der Waals surface area (Å²) in [6.07, 6.45) is 4.05. The Balaban J connectivity index is 0. The maximum Gasteiger partial charge on any atom is 0.108 e. The predicted molar refractivity (Wildman–Crippen MR) is 264 cm³/mol. The summed E-state index contributed by atoms with van der Waals surface area (Å²) in [5.74, 6) is 1.92. The Bertz CT molecular complexity index is 999. The molecule has 0 spiro atoms. The molecule has 6 fully saturated rings. The van der Waals surface area contributed by atoms with Gasteiger partial charge in [-0.15, -0.1) is 0 Å². The molecule has 17 nitrogen and oxygen atoms in total. The van der Waals surface area contributed by atoms with Crippen LogP contribution >= 0.6 is 0 Å². The zero-order valence-corrected chi connectivity index (χ0v) is 44.2. The fraction of sp³-hybridized carbons (Fsp3) is 1.00. The van der Waals surface area contributed by atoms with Crippen LogP contribution < -0.4 is 0 Å². The molecule has 6 aliphatic heterocycles. The molecule has 66 heavy (non-hydrogen) atoms. The standard InChI is InChI=1S/2C7H15N.C7H14O4.C6H15N.2C6H12O3.C5H13N.C5H10O3/c1-7-3-5-8(2)6-4-7;1-7-4-3-5-8(2)6-7;1-4-7(10)6(9)2-5(3-8)11-4;1-4-5-6-7(2)3;2*1-4-6(8)5(7)2-3-9-4;1-4-5-6(2)3;1-3-5(7)4(6)2-8-3/h2*7H,3-6H2,1-2H3;4-10H,2-3H2,1H3;4-6H2,1-3H3;2*4-8H,2-3H2,1H3;4-5H2,1-3H3;3-7H,2H2,1H3/t;;4-,5?,6-,7+;;4?,5-,6+;4-,5-,6+;;3-,4-,5+/m..0.00.0/s1. The van der Waals surface area contributed by atoms with Gasteiger partial charge in [-0.2, -0.15) is 0 Å². The SMILES string of the molecule is CC1CCCN(C)C1.CC1CCN(C)CC1.CC1OCC[C@H](O)[C@@H]1O.CCCCN(C)C.CCCN(C)C.C[C@@H]1OC(CO)C[C@H](O)[C@@H]1O.C[C@@H]1OCC[C@H](O)[C@@H]1O.C[C@@H]1OC[C@H](O)[C@@H]1O. The minimum absolute atomic E-state index is 0.103. The molecule has 0 aromatic carbocycles. The Kier molecular flexibility index (Phi) is 40.8. The highest BCUT2D eigenvalue weighted by molar-refractivity contribution is 4.83. The molecule has 14 atom stereocenters. The van der Waals surface area contributed by atoms with Crippen LogP contribution in [0.1, 0.15) is 120 Å². The molecular formula is C49H106N4O13. The highest BCUT2D eigenvalue weighted by Gasteiger charge is 2.34. The van der Waals surface area contributed by atoms with Gasteiger partial charge in [0, 0.05) is 26.2 Å². The fourth-order valence-electron chi connectivity index (χ4n) is 7.44. The monoisotopic (exact) mass is 959 g/mol. The van der Waals surface area contributed by atoms with Crippen LogP contribution in [0.15, 0.2) is 0 Å². The quantitative estimate of drug-likeness (QED) is 0.186. The fourth-order valence-corrected chi connectivity index (χ4v) is 7.44. The van der Waals surface area contributed by atoms with E-state index in [9.17, 15) is 10.2 Å². The normalized spacial score (nSPS) is 34.9. The van der Waals surface area contributed by atoms with Crippen molar-refractivity contribution in [3.8, 4) is 0 Å². The number of piperidine rings is 2. The van der Waals surface area contributed by atoms with E-state index in [0.29, 0.717) is 32.5 Å². The van der Waals surface area contributed by atoms with Crippen molar-refractivity contribution in [2.45, 2.75) is 199 Å². The van der Waals surface area contributed by atoms with Crippen molar-refractivity contribution in [1.29, 1.82) is 0 Å². The van der Waals surface area contributed by atoms with Crippen LogP contribution in [0.3, 0.4) is 0 Å². The molecule has 0 bridgehead atoms. The van der Waals surface area contributed by atoms with Gasteiger partial charge < -0.3 is 84.5 Å². The zero-order valence-electron chi connectivity index (χ0n) is 44.2. The van der Waals surface area contributed by atoms with E-state index in [2.05, 4.69) is 89.6 Å². The van der Waals surface area contributed by atoms with Gasteiger partial charge >= 0.3 is 0 Å². The van der Waals surface area contributed by atoms with E-state index in [-0.39, 0.29) is 37.6 Å². The van der Waals surface area contributed by atoms with Crippen molar-refractivity contribution in [2.75, 3.05) is 108 Å². The van der Waals surface area contributed by atoms with Crippen LogP contribution in [0.4, 0.5) is 0 Å². The van der Waals surface area contributed by atoms with Gasteiger partial charge in [0.05, 0.1) is 62.0 Å². The number of rotatable bonds is 6. The van der Waals surface area contributed by atoms with Crippen LogP contribution in [0.2, 0.25) is 0 Å². The Labute approximate surface area is 402 Å². The van der Waals surface area contributed by atoms with E-state index in [0.717, 1.165) is 11.8 Å². The minimum atomic E-state index is -0.821. The minimum Gasteiger partial charge on any atom is -0.394 e. The molecule has 0 radical (unpaired) electrons. The third-order valence-electron chi connectivity index (χ3n) is 12.2. The van der Waals surface area contributed by atoms with Crippen molar-refractivity contribution >= 4 is 0 Å². The maximum atomic E-state index is 9.21. The zero-order chi connectivity index (χ0) is 50.9. The van der Waals surface area contributed by atoms with Gasteiger partial charge in [-0.3, -0.25) is 0 Å². The summed E-state index contributed by atoms with van der Waals surface area (Å²) in [5.41, 5.74) is 0. The molecule has 400 valence electrons. The van der Waals surface area contributed by atoms with E-state index in [1.54, 1.807) is 27.7 Å². The van der Waals surface area contributed by atoms with Gasteiger partial charge in [-0.1, -0.05) is 34.1 Å². The second kappa shape index (κ2) is 40.0. The molecular weight excluding hydrogens is 853 g/mol. The topological polar surface area (TPSA) is 232 Å². The molecule has 6 saturated heterocycles. The molecule has 0 aromatic heterocycles. The summed E-state index contributed by atoms with van der Waals surface area (Å²) in [4.78, 5) is 9.21. The molecule has 9 N–H and O–H groups in total. The molecule has 0 aromatic rings. The number of hydrogen-bond donors (Lipinski definition) is 9. The largest absolute Gasteiger partial charge is 0.394 e. The van der Waals surface area contributed by atoms with Gasteiger partial charge in [0.15, 0.2) is 0 Å². The Hall–Kier alpha value is -0.680. The second-order valence-corrected chi connectivity index (χ2v) is 19.8. The Morgan fingerprint density at radius 1 is 0.515 bits per heavy atom. The van der Waals surface area contributed by atoms with Crippen molar-refractivity contribution in [3.63, 3.8) is 0 Å². The number of unbranched alkanes of at least 4 members (excludes halogenated alkanes) is 1. The first-order chi connectivity index (χ1) is 30.9. The van der Waals surface area contributed by atoms with Crippen LogP contribution in [0.5, 0.6) is 0 Å². The number of aliphatic hydroxyl groups is 9. The molecule has 6 rings (SSSR count). The first kappa shape index (κ1) is 67.4. The van der Waals surface area contributed by atoms with Crippen molar-refractivity contribution in [1.82, 2.24) is 19.6 Å². The molecule has 6 aliphatic rings. The average Bonchev–Trinajstić information content (AvgIpc) is 3.55. The first-order valence-corrected chi connectivity index (χ1v) is 25.1. The van der Waals surface area contributed by atoms with Crippen molar-refractivity contribution < 1.29 is 64.9 Å². The lowest BCUT2D eigenvalue weighted by Gasteiger charge is -2.34. The lowest BCUT2D eigenvalue weighted by molar-refractivity contribution is -0.170. The van der Waals surface area contributed by atoms with E-state index < -0.39 is 54.9 Å². The molecule has 0 saturated carbocycles. The van der Waals surface area contributed by atoms with Crippen molar-refractivity contribution in [3.05, 3.63) is 0 Å². The highest BCUT2D eigenvalue weighted by Crippen LogP contribution is 2.20. The van der Waals surface area contributed by atoms with Crippen LogP contribution in [0.25, 0.3) is 0 Å². The predicted octanol–water partition coefficient (Wildman–Crippen LogP) is 2.04. The maximum absolute atomic E-state index is 9.21. The molecule has 17 heteroatoms. The Morgan fingerprint density at radius 3 is 1.24 bits per heavy atom. The summed E-state index contributed by atoms with van der Waals surface area (Å²) in [6.45, 7) is 24.9. The first-order valence-electron chi connectivity index (χ1n) is 25.1. The number of ether oxygens (including phenoxy) is 4. The number of aliphatic hydroxyl groups excluding tert-OH is 9. The summed E-state index contributed by atoms with van der Waals surface area (Å²) in [5, 5.41) is 81.0. The van der Waals surface area contributed by atoms with Gasteiger partial charge in [-0.25, -0.2) is 0 Å². The lowest BCUT2D eigenvalue weighted by atomic mass is 9.99. The van der Waals surface area contributed by atoms with Gasteiger partial charge in [0.25, 0.3) is 0 Å². The Morgan fingerprint density at radius 2 is 0.985 bits per heavy atom. The van der Waals surface area contributed by atoms with Crippen LogP contribution in [-0.4, -0.2) is 253 Å². The van der Waals surface area contributed by atoms with Gasteiger partial charge in [-0.05, 0) is 166 Å². The summed E-state index contributed by atoms with van der Waals surface area (Å²) < 4.78 is 20.1. The summed E-state index contributed by atoms with van der Waals surface area (Å²) in [6, 6.07) is 0. The van der Waals surface area contributed by atoms with Gasteiger partial charge in [0.2, 0.25) is 0 Å². The second-order valence-electron chi connectivity index (χ2n) is 19.8. The van der Waals surface area contributed by atoms with Crippen molar-refractivity contribution in [2.24, 2.45) is 11.8 Å². The molecule has 3 unspecified atom stereocenters. The van der Waals surface area contributed by atoms with E-state index in [1.165, 1.54) is 84.2 Å². The van der Waals surface area contributed by atoms with Crippen LogP contribution in [0, 0.1) is 11.8 Å². The summed E-state index contributed by atoms with van der Waals surface area (Å²) >= 11 is 0. The van der Waals surface area contributed by atoms with E-state index in [4.69, 9.17) is 54.7 Å². The third-order valence-corrected chi connectivity index (χ3v) is 12.2. The number of hydrogen-bond acceptors (Lipinski definition) is 17. The molecule has 6 heterocycles. The third kappa shape index (κ3) is 33.8. The highest BCUT2D eigenvalue weighted by atomic mass is 16.5. The lowest BCUT2D eigenvalue weighted by Crippen LogP contribution is -2.47. The average molecular weight is 959 g/mol. The smallest absolute Gasteiger partial charge is 0.108 e. The van der Waals surface area contributed by atoms with E-state index in [1.807, 2.05) is 0 Å². The number of nitrogens with zero attached hydrogens (tertiary/aromatic N) is 4.